The van der Waals surface area contributed by atoms with Crippen LogP contribution in [-0.2, 0) is 6.42 Å². The van der Waals surface area contributed by atoms with Crippen LogP contribution in [0.4, 0.5) is 5.69 Å². The topological polar surface area (TPSA) is 26.0 Å². The summed E-state index contributed by atoms with van der Waals surface area (Å²) in [7, 11) is 0. The fourth-order valence-electron chi connectivity index (χ4n) is 1.33. The van der Waals surface area contributed by atoms with E-state index >= 15 is 0 Å². The summed E-state index contributed by atoms with van der Waals surface area (Å²) in [6, 6.07) is 5.99. The predicted molar refractivity (Wildman–Crippen MR) is 59.2 cm³/mol. The molecule has 0 saturated carbocycles. The zero-order valence-corrected chi connectivity index (χ0v) is 8.93. The molecule has 1 unspecified atom stereocenters. The van der Waals surface area contributed by atoms with E-state index in [0.717, 1.165) is 18.5 Å². The number of nitrogen functional groups attached to an aromatic ring is 1. The number of nitrogens with two attached hydrogens (primary N) is 1. The van der Waals surface area contributed by atoms with Crippen molar-refractivity contribution in [2.75, 3.05) is 5.73 Å². The van der Waals surface area contributed by atoms with Crippen LogP contribution in [0.1, 0.15) is 24.5 Å². The van der Waals surface area contributed by atoms with E-state index in [0.29, 0.717) is 0 Å². The van der Waals surface area contributed by atoms with Crippen molar-refractivity contribution in [3.05, 3.63) is 29.3 Å². The summed E-state index contributed by atoms with van der Waals surface area (Å²) in [5.41, 5.74) is 9.02. The van der Waals surface area contributed by atoms with Gasteiger partial charge < -0.3 is 5.73 Å². The Balaban J connectivity index is 2.77. The zero-order valence-electron chi connectivity index (χ0n) is 8.18. The molecule has 0 bridgehead atoms. The molecule has 2 heteroatoms. The first kappa shape index (κ1) is 10.4. The molecular weight excluding hydrogens is 182 g/mol. The molecule has 1 rings (SSSR count). The van der Waals surface area contributed by atoms with E-state index in [4.69, 9.17) is 17.3 Å². The Morgan fingerprint density at radius 3 is 2.69 bits per heavy atom. The average molecular weight is 198 g/mol. The summed E-state index contributed by atoms with van der Waals surface area (Å²) in [5, 5.41) is 0.238. The van der Waals surface area contributed by atoms with E-state index in [1.54, 1.807) is 0 Å². The third-order valence-electron chi connectivity index (χ3n) is 2.25. The Labute approximate surface area is 84.9 Å². The van der Waals surface area contributed by atoms with Crippen molar-refractivity contribution in [3.8, 4) is 0 Å². The summed E-state index contributed by atoms with van der Waals surface area (Å²) in [6.07, 6.45) is 1.94. The summed E-state index contributed by atoms with van der Waals surface area (Å²) in [5.74, 6) is 0. The van der Waals surface area contributed by atoms with Gasteiger partial charge in [-0.05, 0) is 43.0 Å². The minimum Gasteiger partial charge on any atom is -0.399 e. The molecule has 1 nitrogen and oxygen atoms in total. The van der Waals surface area contributed by atoms with Gasteiger partial charge in [-0.3, -0.25) is 0 Å². The van der Waals surface area contributed by atoms with Crippen molar-refractivity contribution in [2.45, 2.75) is 32.1 Å². The van der Waals surface area contributed by atoms with Crippen molar-refractivity contribution in [1.82, 2.24) is 0 Å². The molecule has 0 fully saturated rings. The number of alkyl halides is 1. The van der Waals surface area contributed by atoms with Gasteiger partial charge in [0.05, 0.1) is 0 Å². The van der Waals surface area contributed by atoms with Gasteiger partial charge in [-0.2, -0.15) is 0 Å². The fourth-order valence-corrected chi connectivity index (χ4v) is 1.50. The molecule has 0 spiro atoms. The fraction of sp³-hybridized carbons (Fsp3) is 0.455. The van der Waals surface area contributed by atoms with Crippen LogP contribution in [-0.4, -0.2) is 5.38 Å². The van der Waals surface area contributed by atoms with E-state index in [9.17, 15) is 0 Å². The first-order valence-electron chi connectivity index (χ1n) is 4.62. The maximum absolute atomic E-state index is 6.08. The van der Waals surface area contributed by atoms with Crippen LogP contribution in [0.25, 0.3) is 0 Å². The Morgan fingerprint density at radius 1 is 1.46 bits per heavy atom. The molecule has 0 heterocycles. The minimum atomic E-state index is 0.238. The summed E-state index contributed by atoms with van der Waals surface area (Å²) in [4.78, 5) is 0. The second kappa shape index (κ2) is 4.52. The van der Waals surface area contributed by atoms with Gasteiger partial charge in [0.2, 0.25) is 0 Å². The number of anilines is 1. The van der Waals surface area contributed by atoms with E-state index in [-0.39, 0.29) is 5.38 Å². The second-order valence-electron chi connectivity index (χ2n) is 3.40. The quantitative estimate of drug-likeness (QED) is 0.585. The van der Waals surface area contributed by atoms with Crippen LogP contribution in [0.2, 0.25) is 0 Å². The minimum absolute atomic E-state index is 0.238. The molecule has 0 saturated heterocycles. The standard InChI is InChI=1S/C11H16ClN/c1-3-10(12)7-9-4-5-11(13)6-8(9)2/h4-6,10H,3,7,13H2,1-2H3. The summed E-state index contributed by atoms with van der Waals surface area (Å²) >= 11 is 6.08. The van der Waals surface area contributed by atoms with Crippen LogP contribution in [0.5, 0.6) is 0 Å². The number of hydrogen-bond donors (Lipinski definition) is 1. The Morgan fingerprint density at radius 2 is 2.15 bits per heavy atom. The van der Waals surface area contributed by atoms with Crippen LogP contribution in [0.3, 0.4) is 0 Å². The maximum atomic E-state index is 6.08. The van der Waals surface area contributed by atoms with Gasteiger partial charge in [-0.15, -0.1) is 11.6 Å². The average Bonchev–Trinajstić information content (AvgIpc) is 2.09. The first-order valence-corrected chi connectivity index (χ1v) is 5.06. The monoisotopic (exact) mass is 197 g/mol. The third-order valence-corrected chi connectivity index (χ3v) is 2.71. The zero-order chi connectivity index (χ0) is 9.84. The molecule has 0 amide bonds. The van der Waals surface area contributed by atoms with E-state index in [1.807, 2.05) is 12.1 Å². The van der Waals surface area contributed by atoms with Gasteiger partial charge >= 0.3 is 0 Å². The summed E-state index contributed by atoms with van der Waals surface area (Å²) in [6.45, 7) is 4.18. The molecule has 13 heavy (non-hydrogen) atoms. The predicted octanol–water partition coefficient (Wildman–Crippen LogP) is 3.14. The number of aryl methyl sites for hydroxylation is 1. The van der Waals surface area contributed by atoms with Crippen LogP contribution >= 0.6 is 11.6 Å². The SMILES string of the molecule is CCC(Cl)Cc1ccc(N)cc1C. The van der Waals surface area contributed by atoms with Crippen LogP contribution in [0.15, 0.2) is 18.2 Å². The lowest BCUT2D eigenvalue weighted by Crippen LogP contribution is -2.03. The number of hydrogen-bond acceptors (Lipinski definition) is 1. The lowest BCUT2D eigenvalue weighted by molar-refractivity contribution is 0.801. The Hall–Kier alpha value is -0.690. The van der Waals surface area contributed by atoms with Gasteiger partial charge in [-0.1, -0.05) is 13.0 Å². The van der Waals surface area contributed by atoms with Crippen LogP contribution < -0.4 is 5.73 Å². The van der Waals surface area contributed by atoms with Crippen LogP contribution in [0, 0.1) is 6.92 Å². The molecule has 0 aromatic heterocycles. The van der Waals surface area contributed by atoms with E-state index < -0.39 is 0 Å². The highest BCUT2D eigenvalue weighted by atomic mass is 35.5. The van der Waals surface area contributed by atoms with Gasteiger partial charge in [0.1, 0.15) is 0 Å². The van der Waals surface area contributed by atoms with Crippen molar-refractivity contribution in [1.29, 1.82) is 0 Å². The van der Waals surface area contributed by atoms with E-state index in [1.165, 1.54) is 11.1 Å². The van der Waals surface area contributed by atoms with Crippen molar-refractivity contribution in [3.63, 3.8) is 0 Å². The van der Waals surface area contributed by atoms with Gasteiger partial charge in [-0.25, -0.2) is 0 Å². The molecule has 0 aliphatic rings. The Kier molecular flexibility index (Phi) is 3.61. The molecule has 1 aromatic carbocycles. The number of halogens is 1. The number of benzene rings is 1. The molecule has 1 atom stereocenters. The highest BCUT2D eigenvalue weighted by molar-refractivity contribution is 6.20. The third kappa shape index (κ3) is 2.92. The maximum Gasteiger partial charge on any atom is 0.0373 e. The van der Waals surface area contributed by atoms with Crippen molar-refractivity contribution in [2.24, 2.45) is 0 Å². The van der Waals surface area contributed by atoms with Gasteiger partial charge in [0, 0.05) is 11.1 Å². The molecule has 0 radical (unpaired) electrons. The Bertz CT molecular complexity index is 283. The van der Waals surface area contributed by atoms with Crippen molar-refractivity contribution < 1.29 is 0 Å². The smallest absolute Gasteiger partial charge is 0.0373 e. The molecule has 0 aliphatic carbocycles. The van der Waals surface area contributed by atoms with Gasteiger partial charge in [0.15, 0.2) is 0 Å². The summed E-state index contributed by atoms with van der Waals surface area (Å²) < 4.78 is 0. The van der Waals surface area contributed by atoms with Crippen molar-refractivity contribution >= 4 is 17.3 Å². The number of rotatable bonds is 3. The normalized spacial score (nSPS) is 12.8. The highest BCUT2D eigenvalue weighted by Gasteiger charge is 2.05. The molecule has 1 aromatic rings. The van der Waals surface area contributed by atoms with Gasteiger partial charge in [0.25, 0.3) is 0 Å². The molecule has 2 N–H and O–H groups in total. The van der Waals surface area contributed by atoms with E-state index in [2.05, 4.69) is 19.9 Å². The second-order valence-corrected chi connectivity index (χ2v) is 4.01. The molecular formula is C11H16ClN. The first-order chi connectivity index (χ1) is 6.13. The highest BCUT2D eigenvalue weighted by Crippen LogP contribution is 2.17. The molecule has 0 aliphatic heterocycles. The molecule has 72 valence electrons. The lowest BCUT2D eigenvalue weighted by Gasteiger charge is -2.09. The largest absolute Gasteiger partial charge is 0.399 e. The lowest BCUT2D eigenvalue weighted by atomic mass is 10.0.